The van der Waals surface area contributed by atoms with Crippen molar-refractivity contribution >= 4 is 27.6 Å². The second kappa shape index (κ2) is 4.33. The zero-order chi connectivity index (χ0) is 12.6. The van der Waals surface area contributed by atoms with Crippen LogP contribution in [0.1, 0.15) is 37.0 Å². The molecule has 0 unspecified atom stereocenters. The molecule has 1 fully saturated rings. The SMILES string of the molecule is CC(C)(Nc1cc(Br)cc(C(=O)O)c1)C1CC1. The van der Waals surface area contributed by atoms with Crippen molar-refractivity contribution in [2.24, 2.45) is 5.92 Å². The average Bonchev–Trinajstić information content (AvgIpc) is 2.98. The number of hydrogen-bond donors (Lipinski definition) is 2. The molecular formula is C13H16BrNO2. The van der Waals surface area contributed by atoms with Gasteiger partial charge in [0.25, 0.3) is 0 Å². The van der Waals surface area contributed by atoms with Crippen LogP contribution in [0.25, 0.3) is 0 Å². The van der Waals surface area contributed by atoms with Crippen molar-refractivity contribution in [3.63, 3.8) is 0 Å². The van der Waals surface area contributed by atoms with Gasteiger partial charge in [-0.15, -0.1) is 0 Å². The van der Waals surface area contributed by atoms with E-state index in [2.05, 4.69) is 35.1 Å². The van der Waals surface area contributed by atoms with E-state index in [1.807, 2.05) is 6.07 Å². The first-order valence-electron chi connectivity index (χ1n) is 5.70. The lowest BCUT2D eigenvalue weighted by Crippen LogP contribution is -2.33. The maximum Gasteiger partial charge on any atom is 0.335 e. The van der Waals surface area contributed by atoms with E-state index in [1.165, 1.54) is 12.8 Å². The van der Waals surface area contributed by atoms with Gasteiger partial charge in [-0.05, 0) is 50.8 Å². The Hall–Kier alpha value is -1.03. The van der Waals surface area contributed by atoms with Gasteiger partial charge in [-0.3, -0.25) is 0 Å². The molecule has 0 atom stereocenters. The van der Waals surface area contributed by atoms with Crippen LogP contribution in [0, 0.1) is 5.92 Å². The zero-order valence-electron chi connectivity index (χ0n) is 9.96. The minimum atomic E-state index is -0.904. The Morgan fingerprint density at radius 3 is 2.59 bits per heavy atom. The molecule has 0 bridgehead atoms. The maximum absolute atomic E-state index is 11.0. The highest BCUT2D eigenvalue weighted by Gasteiger charge is 2.37. The number of carbonyl (C=O) groups is 1. The van der Waals surface area contributed by atoms with Gasteiger partial charge >= 0.3 is 5.97 Å². The highest BCUT2D eigenvalue weighted by atomic mass is 79.9. The Labute approximate surface area is 109 Å². The fourth-order valence-corrected chi connectivity index (χ4v) is 2.56. The van der Waals surface area contributed by atoms with E-state index >= 15 is 0 Å². The van der Waals surface area contributed by atoms with Crippen molar-refractivity contribution in [3.05, 3.63) is 28.2 Å². The molecule has 17 heavy (non-hydrogen) atoms. The molecule has 1 aliphatic carbocycles. The van der Waals surface area contributed by atoms with Gasteiger partial charge in [-0.2, -0.15) is 0 Å². The fraction of sp³-hybridized carbons (Fsp3) is 0.462. The van der Waals surface area contributed by atoms with Crippen LogP contribution in [-0.4, -0.2) is 16.6 Å². The largest absolute Gasteiger partial charge is 0.478 e. The number of nitrogens with one attached hydrogen (secondary N) is 1. The summed E-state index contributed by atoms with van der Waals surface area (Å²) >= 11 is 3.34. The van der Waals surface area contributed by atoms with Crippen molar-refractivity contribution < 1.29 is 9.90 Å². The molecule has 2 N–H and O–H groups in total. The summed E-state index contributed by atoms with van der Waals surface area (Å²) < 4.78 is 0.784. The van der Waals surface area contributed by atoms with Crippen molar-refractivity contribution in [3.8, 4) is 0 Å². The fourth-order valence-electron chi connectivity index (χ4n) is 2.06. The number of anilines is 1. The number of carboxylic acids is 1. The van der Waals surface area contributed by atoms with E-state index < -0.39 is 5.97 Å². The lowest BCUT2D eigenvalue weighted by molar-refractivity contribution is 0.0697. The van der Waals surface area contributed by atoms with E-state index in [0.717, 1.165) is 10.2 Å². The molecule has 2 rings (SSSR count). The smallest absolute Gasteiger partial charge is 0.335 e. The van der Waals surface area contributed by atoms with E-state index in [9.17, 15) is 4.79 Å². The molecule has 3 nitrogen and oxygen atoms in total. The third kappa shape index (κ3) is 3.00. The van der Waals surface area contributed by atoms with Crippen LogP contribution in [0.15, 0.2) is 22.7 Å². The summed E-state index contributed by atoms with van der Waals surface area (Å²) in [5.41, 5.74) is 1.18. The molecular weight excluding hydrogens is 282 g/mol. The summed E-state index contributed by atoms with van der Waals surface area (Å²) in [6.07, 6.45) is 2.50. The molecule has 0 amide bonds. The normalized spacial score (nSPS) is 15.7. The van der Waals surface area contributed by atoms with Gasteiger partial charge in [-0.25, -0.2) is 4.79 Å². The Kier molecular flexibility index (Phi) is 3.17. The standard InChI is InChI=1S/C13H16BrNO2/c1-13(2,9-3-4-9)15-11-6-8(12(16)17)5-10(14)7-11/h5-7,9,15H,3-4H2,1-2H3,(H,16,17). The van der Waals surface area contributed by atoms with Crippen LogP contribution < -0.4 is 5.32 Å². The summed E-state index contributed by atoms with van der Waals surface area (Å²) in [5.74, 6) is -0.215. The number of halogens is 1. The summed E-state index contributed by atoms with van der Waals surface area (Å²) in [4.78, 5) is 11.0. The molecule has 0 spiro atoms. The van der Waals surface area contributed by atoms with Gasteiger partial charge in [-0.1, -0.05) is 15.9 Å². The Morgan fingerprint density at radius 2 is 2.06 bits per heavy atom. The summed E-state index contributed by atoms with van der Waals surface area (Å²) in [6, 6.07) is 5.20. The quantitative estimate of drug-likeness (QED) is 0.890. The van der Waals surface area contributed by atoms with Crippen molar-refractivity contribution in [2.45, 2.75) is 32.2 Å². The number of carboxylic acid groups (broad SMARTS) is 1. The van der Waals surface area contributed by atoms with Crippen molar-refractivity contribution in [1.82, 2.24) is 0 Å². The topological polar surface area (TPSA) is 49.3 Å². The molecule has 0 heterocycles. The number of aromatic carboxylic acids is 1. The van der Waals surface area contributed by atoms with Gasteiger partial charge in [0.1, 0.15) is 0 Å². The van der Waals surface area contributed by atoms with Gasteiger partial charge in [0, 0.05) is 15.7 Å². The van der Waals surface area contributed by atoms with Crippen LogP contribution in [0.2, 0.25) is 0 Å². The van der Waals surface area contributed by atoms with Crippen LogP contribution in [0.3, 0.4) is 0 Å². The highest BCUT2D eigenvalue weighted by molar-refractivity contribution is 9.10. The molecule has 4 heteroatoms. The number of hydrogen-bond acceptors (Lipinski definition) is 2. The minimum absolute atomic E-state index is 0.0244. The van der Waals surface area contributed by atoms with E-state index in [0.29, 0.717) is 11.5 Å². The van der Waals surface area contributed by atoms with Crippen LogP contribution >= 0.6 is 15.9 Å². The summed E-state index contributed by atoms with van der Waals surface area (Å²) in [7, 11) is 0. The molecule has 0 radical (unpaired) electrons. The zero-order valence-corrected chi connectivity index (χ0v) is 11.5. The molecule has 1 saturated carbocycles. The highest BCUT2D eigenvalue weighted by Crippen LogP contribution is 2.41. The Morgan fingerprint density at radius 1 is 1.41 bits per heavy atom. The molecule has 92 valence electrons. The summed E-state index contributed by atoms with van der Waals surface area (Å²) in [5, 5.41) is 12.4. The lowest BCUT2D eigenvalue weighted by atomic mass is 9.98. The Bertz CT molecular complexity index is 453. The van der Waals surface area contributed by atoms with Crippen LogP contribution in [0.4, 0.5) is 5.69 Å². The molecule has 0 aliphatic heterocycles. The first-order chi connectivity index (χ1) is 7.88. The third-order valence-corrected chi connectivity index (χ3v) is 3.67. The second-order valence-electron chi connectivity index (χ2n) is 5.15. The van der Waals surface area contributed by atoms with Gasteiger partial charge in [0.05, 0.1) is 5.56 Å². The first kappa shape index (κ1) is 12.4. The van der Waals surface area contributed by atoms with Gasteiger partial charge in [0.15, 0.2) is 0 Å². The van der Waals surface area contributed by atoms with Gasteiger partial charge < -0.3 is 10.4 Å². The minimum Gasteiger partial charge on any atom is -0.478 e. The number of rotatable bonds is 4. The molecule has 0 aromatic heterocycles. The van der Waals surface area contributed by atoms with Crippen LogP contribution in [-0.2, 0) is 0 Å². The van der Waals surface area contributed by atoms with Crippen molar-refractivity contribution in [1.29, 1.82) is 0 Å². The predicted molar refractivity (Wildman–Crippen MR) is 71.5 cm³/mol. The van der Waals surface area contributed by atoms with Crippen LogP contribution in [0.5, 0.6) is 0 Å². The first-order valence-corrected chi connectivity index (χ1v) is 6.50. The molecule has 1 aromatic rings. The van der Waals surface area contributed by atoms with Crippen molar-refractivity contribution in [2.75, 3.05) is 5.32 Å². The second-order valence-corrected chi connectivity index (χ2v) is 6.07. The average molecular weight is 298 g/mol. The monoisotopic (exact) mass is 297 g/mol. The molecule has 1 aromatic carbocycles. The lowest BCUT2D eigenvalue weighted by Gasteiger charge is -2.27. The van der Waals surface area contributed by atoms with Gasteiger partial charge in [0.2, 0.25) is 0 Å². The Balaban J connectivity index is 2.23. The molecule has 0 saturated heterocycles. The third-order valence-electron chi connectivity index (χ3n) is 3.21. The van der Waals surface area contributed by atoms with E-state index in [4.69, 9.17) is 5.11 Å². The van der Waals surface area contributed by atoms with E-state index in [1.54, 1.807) is 12.1 Å². The molecule has 1 aliphatic rings. The van der Waals surface area contributed by atoms with E-state index in [-0.39, 0.29) is 5.54 Å². The summed E-state index contributed by atoms with van der Waals surface area (Å²) in [6.45, 7) is 4.32. The maximum atomic E-state index is 11.0. The predicted octanol–water partition coefficient (Wildman–Crippen LogP) is 3.75. The number of benzene rings is 1.